The molecule has 0 heterocycles. The zero-order valence-electron chi connectivity index (χ0n) is 7.37. The topological polar surface area (TPSA) is 26.0 Å². The van der Waals surface area contributed by atoms with Gasteiger partial charge in [0.05, 0.1) is 0 Å². The Labute approximate surface area is 80.1 Å². The van der Waals surface area contributed by atoms with Crippen LogP contribution in [0.5, 0.6) is 0 Å². The minimum atomic E-state index is -2.46. The maximum absolute atomic E-state index is 12.6. The molecule has 2 aromatic carbocycles. The zero-order valence-corrected chi connectivity index (χ0v) is 7.37. The largest absolute Gasteiger partial charge is 0.398 e. The summed E-state index contributed by atoms with van der Waals surface area (Å²) < 4.78 is 25.2. The first kappa shape index (κ1) is 8.94. The Morgan fingerprint density at radius 1 is 0.929 bits per heavy atom. The summed E-state index contributed by atoms with van der Waals surface area (Å²) in [4.78, 5) is 0. The molecule has 0 saturated carbocycles. The van der Waals surface area contributed by atoms with E-state index >= 15 is 0 Å². The summed E-state index contributed by atoms with van der Waals surface area (Å²) in [5, 5.41) is 1.22. The smallest absolute Gasteiger partial charge is 0.264 e. The number of hydrogen-bond donors (Lipinski definition) is 1. The molecule has 2 aromatic rings. The van der Waals surface area contributed by atoms with E-state index in [2.05, 4.69) is 0 Å². The summed E-state index contributed by atoms with van der Waals surface area (Å²) in [6, 6.07) is 9.82. The number of anilines is 1. The maximum atomic E-state index is 12.6. The number of rotatable bonds is 1. The van der Waals surface area contributed by atoms with Gasteiger partial charge in [0.2, 0.25) is 0 Å². The molecular formula is C11H9F2N. The lowest BCUT2D eigenvalue weighted by molar-refractivity contribution is 0.153. The normalized spacial score (nSPS) is 11.1. The fourth-order valence-electron chi connectivity index (χ4n) is 1.54. The van der Waals surface area contributed by atoms with Crippen LogP contribution in [-0.2, 0) is 0 Å². The Morgan fingerprint density at radius 2 is 1.57 bits per heavy atom. The first-order chi connectivity index (χ1) is 6.70. The van der Waals surface area contributed by atoms with Gasteiger partial charge in [0, 0.05) is 16.6 Å². The molecule has 3 heteroatoms. The van der Waals surface area contributed by atoms with Crippen molar-refractivity contribution in [1.82, 2.24) is 0 Å². The van der Waals surface area contributed by atoms with E-state index in [9.17, 15) is 8.78 Å². The molecule has 0 saturated heterocycles. The third-order valence-corrected chi connectivity index (χ3v) is 2.23. The molecule has 2 rings (SSSR count). The molecule has 0 aromatic heterocycles. The van der Waals surface area contributed by atoms with Gasteiger partial charge in [-0.15, -0.1) is 0 Å². The van der Waals surface area contributed by atoms with Gasteiger partial charge in [-0.2, -0.15) is 0 Å². The highest BCUT2D eigenvalue weighted by atomic mass is 19.3. The van der Waals surface area contributed by atoms with Crippen molar-refractivity contribution in [3.05, 3.63) is 42.0 Å². The summed E-state index contributed by atoms with van der Waals surface area (Å²) >= 11 is 0. The van der Waals surface area contributed by atoms with Crippen molar-refractivity contribution in [3.63, 3.8) is 0 Å². The van der Waals surface area contributed by atoms with Crippen molar-refractivity contribution < 1.29 is 8.78 Å². The van der Waals surface area contributed by atoms with Crippen LogP contribution in [0.3, 0.4) is 0 Å². The maximum Gasteiger partial charge on any atom is 0.264 e. The minimum Gasteiger partial charge on any atom is -0.398 e. The van der Waals surface area contributed by atoms with E-state index in [0.29, 0.717) is 16.5 Å². The Balaban J connectivity index is 2.82. The summed E-state index contributed by atoms with van der Waals surface area (Å²) in [5.41, 5.74) is 6.25. The molecule has 0 aliphatic carbocycles. The minimum absolute atomic E-state index is 0.0369. The lowest BCUT2D eigenvalue weighted by Crippen LogP contribution is -1.91. The molecule has 2 N–H and O–H groups in total. The summed E-state index contributed by atoms with van der Waals surface area (Å²) in [6.07, 6.45) is -2.46. The van der Waals surface area contributed by atoms with Crippen molar-refractivity contribution in [2.24, 2.45) is 0 Å². The summed E-state index contributed by atoms with van der Waals surface area (Å²) in [5.74, 6) is 0. The molecule has 0 aliphatic heterocycles. The van der Waals surface area contributed by atoms with Crippen LogP contribution in [0.4, 0.5) is 14.5 Å². The molecule has 0 bridgehead atoms. The highest BCUT2D eigenvalue weighted by molar-refractivity contribution is 5.95. The molecule has 0 amide bonds. The van der Waals surface area contributed by atoms with E-state index in [1.54, 1.807) is 24.3 Å². The number of hydrogen-bond acceptors (Lipinski definition) is 1. The zero-order chi connectivity index (χ0) is 10.1. The molecule has 0 radical (unpaired) electrons. The number of alkyl halides is 2. The number of halogens is 2. The number of nitrogens with two attached hydrogens (primary N) is 1. The molecule has 0 unspecified atom stereocenters. The van der Waals surface area contributed by atoms with E-state index in [0.717, 1.165) is 0 Å². The van der Waals surface area contributed by atoms with Crippen LogP contribution in [0, 0.1) is 0 Å². The van der Waals surface area contributed by atoms with Crippen LogP contribution in [0.1, 0.15) is 12.0 Å². The molecule has 0 aliphatic rings. The van der Waals surface area contributed by atoms with E-state index < -0.39 is 6.43 Å². The second-order valence-corrected chi connectivity index (χ2v) is 3.09. The monoisotopic (exact) mass is 193 g/mol. The quantitative estimate of drug-likeness (QED) is 0.690. The highest BCUT2D eigenvalue weighted by Crippen LogP contribution is 2.30. The van der Waals surface area contributed by atoms with Gasteiger partial charge in [-0.05, 0) is 11.5 Å². The third-order valence-electron chi connectivity index (χ3n) is 2.23. The predicted octanol–water partition coefficient (Wildman–Crippen LogP) is 3.36. The fraction of sp³-hybridized carbons (Fsp3) is 0.0909. The fourth-order valence-corrected chi connectivity index (χ4v) is 1.54. The van der Waals surface area contributed by atoms with Crippen molar-refractivity contribution in [1.29, 1.82) is 0 Å². The van der Waals surface area contributed by atoms with Gasteiger partial charge < -0.3 is 5.73 Å². The lowest BCUT2D eigenvalue weighted by Gasteiger charge is -2.07. The molecule has 72 valence electrons. The van der Waals surface area contributed by atoms with Gasteiger partial charge in [-0.1, -0.05) is 30.3 Å². The van der Waals surface area contributed by atoms with Gasteiger partial charge in [0.15, 0.2) is 0 Å². The average Bonchev–Trinajstić information content (AvgIpc) is 2.18. The van der Waals surface area contributed by atoms with E-state index in [1.165, 1.54) is 12.1 Å². The van der Waals surface area contributed by atoms with Crippen LogP contribution in [-0.4, -0.2) is 0 Å². The Kier molecular flexibility index (Phi) is 2.08. The van der Waals surface area contributed by atoms with Crippen molar-refractivity contribution >= 4 is 16.5 Å². The second-order valence-electron chi connectivity index (χ2n) is 3.09. The summed E-state index contributed by atoms with van der Waals surface area (Å²) in [6.45, 7) is 0. The van der Waals surface area contributed by atoms with E-state index in [4.69, 9.17) is 5.73 Å². The van der Waals surface area contributed by atoms with E-state index in [-0.39, 0.29) is 5.56 Å². The SMILES string of the molecule is Nc1ccc(C(F)F)c2ccccc12. The van der Waals surface area contributed by atoms with Crippen LogP contribution in [0.15, 0.2) is 36.4 Å². The highest BCUT2D eigenvalue weighted by Gasteiger charge is 2.11. The van der Waals surface area contributed by atoms with Gasteiger partial charge in [0.25, 0.3) is 6.43 Å². The molecular weight excluding hydrogens is 184 g/mol. The van der Waals surface area contributed by atoms with Gasteiger partial charge >= 0.3 is 0 Å². The summed E-state index contributed by atoms with van der Waals surface area (Å²) in [7, 11) is 0. The van der Waals surface area contributed by atoms with Crippen molar-refractivity contribution in [2.45, 2.75) is 6.43 Å². The average molecular weight is 193 g/mol. The first-order valence-electron chi connectivity index (χ1n) is 4.25. The predicted molar refractivity (Wildman–Crippen MR) is 53.3 cm³/mol. The van der Waals surface area contributed by atoms with Crippen molar-refractivity contribution in [3.8, 4) is 0 Å². The van der Waals surface area contributed by atoms with Crippen LogP contribution < -0.4 is 5.73 Å². The molecule has 14 heavy (non-hydrogen) atoms. The number of benzene rings is 2. The van der Waals surface area contributed by atoms with Crippen molar-refractivity contribution in [2.75, 3.05) is 5.73 Å². The Hall–Kier alpha value is -1.64. The van der Waals surface area contributed by atoms with Gasteiger partial charge in [0.1, 0.15) is 0 Å². The van der Waals surface area contributed by atoms with Crippen LogP contribution >= 0.6 is 0 Å². The first-order valence-corrected chi connectivity index (χ1v) is 4.25. The van der Waals surface area contributed by atoms with Crippen LogP contribution in [0.25, 0.3) is 10.8 Å². The van der Waals surface area contributed by atoms with Crippen LogP contribution in [0.2, 0.25) is 0 Å². The standard InChI is InChI=1S/C11H9F2N/c12-11(13)9-5-6-10(14)8-4-2-1-3-7(8)9/h1-6,11H,14H2. The van der Waals surface area contributed by atoms with Gasteiger partial charge in [-0.25, -0.2) is 8.78 Å². The molecule has 0 fully saturated rings. The third kappa shape index (κ3) is 1.31. The van der Waals surface area contributed by atoms with E-state index in [1.807, 2.05) is 0 Å². The number of nitrogen functional groups attached to an aromatic ring is 1. The molecule has 1 nitrogen and oxygen atoms in total. The van der Waals surface area contributed by atoms with Gasteiger partial charge in [-0.3, -0.25) is 0 Å². The Morgan fingerprint density at radius 3 is 2.21 bits per heavy atom. The molecule has 0 spiro atoms. The lowest BCUT2D eigenvalue weighted by atomic mass is 10.0. The number of fused-ring (bicyclic) bond motifs is 1. The second kappa shape index (κ2) is 3.25. The molecule has 0 atom stereocenters. The Bertz CT molecular complexity index is 466.